The Morgan fingerprint density at radius 1 is 1.30 bits per heavy atom. The lowest BCUT2D eigenvalue weighted by molar-refractivity contribution is -0.521. The molecule has 1 aromatic carbocycles. The van der Waals surface area contributed by atoms with Crippen LogP contribution in [0, 0.1) is 10.1 Å². The lowest BCUT2D eigenvalue weighted by atomic mass is 9.93. The number of hydrogen-bond donors (Lipinski definition) is 1. The molecule has 1 unspecified atom stereocenters. The Bertz CT molecular complexity index is 590. The van der Waals surface area contributed by atoms with Crippen LogP contribution >= 0.6 is 11.3 Å². The first-order valence-corrected chi connectivity index (χ1v) is 7.17. The van der Waals surface area contributed by atoms with E-state index < -0.39 is 6.17 Å². The van der Waals surface area contributed by atoms with Crippen molar-refractivity contribution in [1.82, 2.24) is 4.98 Å². The van der Waals surface area contributed by atoms with E-state index in [4.69, 9.17) is 0 Å². The van der Waals surface area contributed by atoms with Crippen LogP contribution in [0.5, 0.6) is 0 Å². The van der Waals surface area contributed by atoms with Crippen LogP contribution in [0.4, 0.5) is 5.13 Å². The van der Waals surface area contributed by atoms with Gasteiger partial charge >= 0.3 is 6.17 Å². The number of rotatable bonds is 4. The van der Waals surface area contributed by atoms with Gasteiger partial charge in [-0.25, -0.2) is 4.98 Å². The molecule has 0 amide bonds. The first-order chi connectivity index (χ1) is 9.38. The minimum atomic E-state index is -0.977. The van der Waals surface area contributed by atoms with Crippen LogP contribution in [-0.4, -0.2) is 9.91 Å². The normalized spacial score (nSPS) is 12.9. The van der Waals surface area contributed by atoms with Gasteiger partial charge in [0, 0.05) is 16.4 Å². The van der Waals surface area contributed by atoms with Gasteiger partial charge in [-0.1, -0.05) is 51.1 Å². The number of benzene rings is 1. The van der Waals surface area contributed by atoms with Gasteiger partial charge in [0.15, 0.2) is 5.13 Å². The van der Waals surface area contributed by atoms with Crippen molar-refractivity contribution in [1.29, 1.82) is 0 Å². The molecule has 0 saturated heterocycles. The summed E-state index contributed by atoms with van der Waals surface area (Å²) >= 11 is 1.39. The smallest absolute Gasteiger partial charge is 0.295 e. The van der Waals surface area contributed by atoms with E-state index in [1.807, 2.05) is 11.4 Å². The van der Waals surface area contributed by atoms with E-state index in [2.05, 4.69) is 31.1 Å². The van der Waals surface area contributed by atoms with Gasteiger partial charge in [-0.2, -0.15) is 0 Å². The Labute approximate surface area is 121 Å². The molecule has 2 rings (SSSR count). The third-order valence-electron chi connectivity index (χ3n) is 2.86. The van der Waals surface area contributed by atoms with Crippen molar-refractivity contribution >= 4 is 16.5 Å². The fourth-order valence-electron chi connectivity index (χ4n) is 1.69. The Kier molecular flexibility index (Phi) is 4.04. The molecular formula is C14H17N3O2S. The molecule has 0 radical (unpaired) electrons. The molecule has 0 aliphatic carbocycles. The van der Waals surface area contributed by atoms with E-state index in [0.717, 1.165) is 5.69 Å². The number of aromatic nitrogens is 1. The minimum Gasteiger partial charge on any atom is -0.295 e. The summed E-state index contributed by atoms with van der Waals surface area (Å²) in [5.41, 5.74) is 1.48. The van der Waals surface area contributed by atoms with Gasteiger partial charge in [-0.05, 0) is 0 Å². The Hall–Kier alpha value is -1.95. The monoisotopic (exact) mass is 291 g/mol. The molecule has 0 bridgehead atoms. The van der Waals surface area contributed by atoms with E-state index >= 15 is 0 Å². The third kappa shape index (κ3) is 3.33. The zero-order chi connectivity index (χ0) is 14.8. The number of anilines is 1. The number of nitrogens with one attached hydrogen (secondary N) is 1. The van der Waals surface area contributed by atoms with Crippen LogP contribution in [0.15, 0.2) is 35.7 Å². The summed E-state index contributed by atoms with van der Waals surface area (Å²) in [7, 11) is 0. The van der Waals surface area contributed by atoms with Gasteiger partial charge in [0.1, 0.15) is 0 Å². The molecule has 0 saturated carbocycles. The second kappa shape index (κ2) is 5.58. The van der Waals surface area contributed by atoms with Crippen molar-refractivity contribution in [2.45, 2.75) is 32.4 Å². The molecule has 1 atom stereocenters. The fraction of sp³-hybridized carbons (Fsp3) is 0.357. The van der Waals surface area contributed by atoms with E-state index in [9.17, 15) is 10.1 Å². The molecule has 6 heteroatoms. The van der Waals surface area contributed by atoms with Crippen LogP contribution in [0.2, 0.25) is 0 Å². The number of nitro groups is 1. The maximum Gasteiger partial charge on any atom is 0.312 e. The summed E-state index contributed by atoms with van der Waals surface area (Å²) in [5.74, 6) is 0. The Balaban J connectivity index is 2.22. The maximum absolute atomic E-state index is 11.2. The van der Waals surface area contributed by atoms with Gasteiger partial charge in [-0.15, -0.1) is 11.3 Å². The van der Waals surface area contributed by atoms with Gasteiger partial charge in [0.2, 0.25) is 0 Å². The van der Waals surface area contributed by atoms with Crippen molar-refractivity contribution in [2.24, 2.45) is 0 Å². The molecule has 1 N–H and O–H groups in total. The van der Waals surface area contributed by atoms with Crippen molar-refractivity contribution < 1.29 is 4.92 Å². The van der Waals surface area contributed by atoms with Crippen LogP contribution in [0.3, 0.4) is 0 Å². The summed E-state index contributed by atoms with van der Waals surface area (Å²) in [4.78, 5) is 15.3. The SMILES string of the molecule is CC(C)(C)c1csc(NC(c2ccccc2)[N+](=O)[O-])n1. The predicted molar refractivity (Wildman–Crippen MR) is 80.6 cm³/mol. The van der Waals surface area contributed by atoms with Gasteiger partial charge in [-0.3, -0.25) is 15.4 Å². The van der Waals surface area contributed by atoms with E-state index in [0.29, 0.717) is 10.7 Å². The zero-order valence-electron chi connectivity index (χ0n) is 11.7. The molecule has 106 valence electrons. The Morgan fingerprint density at radius 3 is 2.45 bits per heavy atom. The molecule has 0 aliphatic heterocycles. The van der Waals surface area contributed by atoms with E-state index in [1.165, 1.54) is 11.3 Å². The standard InChI is InChI=1S/C14H17N3O2S/c1-14(2,3)11-9-20-13(15-11)16-12(17(18)19)10-7-5-4-6-8-10/h4-9,12H,1-3H3,(H,15,16). The second-order valence-electron chi connectivity index (χ2n) is 5.53. The lowest BCUT2D eigenvalue weighted by Gasteiger charge is -2.14. The molecule has 5 nitrogen and oxygen atoms in total. The van der Waals surface area contributed by atoms with Crippen molar-refractivity contribution in [2.75, 3.05) is 5.32 Å². The summed E-state index contributed by atoms with van der Waals surface area (Å²) in [6.07, 6.45) is -0.977. The van der Waals surface area contributed by atoms with Crippen molar-refractivity contribution in [3.05, 3.63) is 57.1 Å². The molecule has 1 aromatic heterocycles. The molecule has 0 fully saturated rings. The Morgan fingerprint density at radius 2 is 1.95 bits per heavy atom. The van der Waals surface area contributed by atoms with Crippen LogP contribution in [0.25, 0.3) is 0 Å². The number of thiazole rings is 1. The van der Waals surface area contributed by atoms with Crippen molar-refractivity contribution in [3.8, 4) is 0 Å². The van der Waals surface area contributed by atoms with Crippen molar-refractivity contribution in [3.63, 3.8) is 0 Å². The number of hydrogen-bond acceptors (Lipinski definition) is 5. The topological polar surface area (TPSA) is 68.1 Å². The summed E-state index contributed by atoms with van der Waals surface area (Å²) < 4.78 is 0. The van der Waals surface area contributed by atoms with Crippen LogP contribution in [-0.2, 0) is 5.41 Å². The van der Waals surface area contributed by atoms with Gasteiger partial charge in [0.05, 0.1) is 10.6 Å². The van der Waals surface area contributed by atoms with Crippen LogP contribution < -0.4 is 5.32 Å². The fourth-order valence-corrected chi connectivity index (χ4v) is 2.65. The van der Waals surface area contributed by atoms with E-state index in [-0.39, 0.29) is 10.3 Å². The highest BCUT2D eigenvalue weighted by atomic mass is 32.1. The quantitative estimate of drug-likeness (QED) is 0.528. The first-order valence-electron chi connectivity index (χ1n) is 6.29. The average Bonchev–Trinajstić information content (AvgIpc) is 2.85. The summed E-state index contributed by atoms with van der Waals surface area (Å²) in [6, 6.07) is 8.88. The first kappa shape index (κ1) is 14.5. The lowest BCUT2D eigenvalue weighted by Crippen LogP contribution is -2.20. The van der Waals surface area contributed by atoms with Gasteiger partial charge in [0.25, 0.3) is 0 Å². The zero-order valence-corrected chi connectivity index (χ0v) is 12.5. The van der Waals surface area contributed by atoms with Crippen LogP contribution in [0.1, 0.15) is 38.2 Å². The highest BCUT2D eigenvalue weighted by molar-refractivity contribution is 7.13. The summed E-state index contributed by atoms with van der Waals surface area (Å²) in [6.45, 7) is 6.19. The largest absolute Gasteiger partial charge is 0.312 e. The molecular weight excluding hydrogens is 274 g/mol. The molecule has 2 aromatic rings. The molecule has 0 aliphatic rings. The highest BCUT2D eigenvalue weighted by Crippen LogP contribution is 2.28. The van der Waals surface area contributed by atoms with Gasteiger partial charge < -0.3 is 0 Å². The molecule has 1 heterocycles. The maximum atomic E-state index is 11.2. The summed E-state index contributed by atoms with van der Waals surface area (Å²) in [5, 5.41) is 16.6. The minimum absolute atomic E-state index is 0.0622. The predicted octanol–water partition coefficient (Wildman–Crippen LogP) is 3.83. The average molecular weight is 291 g/mol. The third-order valence-corrected chi connectivity index (χ3v) is 3.63. The number of nitrogens with zero attached hydrogens (tertiary/aromatic N) is 2. The van der Waals surface area contributed by atoms with E-state index in [1.54, 1.807) is 24.3 Å². The second-order valence-corrected chi connectivity index (χ2v) is 6.39. The molecule has 0 spiro atoms. The highest BCUT2D eigenvalue weighted by Gasteiger charge is 2.24. The molecule has 20 heavy (non-hydrogen) atoms.